The molecule has 0 aliphatic carbocycles. The first-order chi connectivity index (χ1) is 12.2. The summed E-state index contributed by atoms with van der Waals surface area (Å²) in [6, 6.07) is 14.6. The minimum atomic E-state index is -0.236. The summed E-state index contributed by atoms with van der Waals surface area (Å²) in [5.41, 5.74) is 2.09. The molecule has 0 radical (unpaired) electrons. The molecule has 0 atom stereocenters. The maximum Gasteiger partial charge on any atom is 0.220 e. The minimum Gasteiger partial charge on any atom is -0.356 e. The van der Waals surface area contributed by atoms with Crippen LogP contribution in [0.5, 0.6) is 0 Å². The van der Waals surface area contributed by atoms with E-state index >= 15 is 0 Å². The van der Waals surface area contributed by atoms with Gasteiger partial charge in [-0.2, -0.15) is 0 Å². The molecule has 0 unspecified atom stereocenters. The van der Waals surface area contributed by atoms with Crippen molar-refractivity contribution in [1.82, 2.24) is 14.9 Å². The van der Waals surface area contributed by atoms with Crippen LogP contribution in [0.15, 0.2) is 59.8 Å². The lowest BCUT2D eigenvalue weighted by Gasteiger charge is -2.07. The molecule has 3 aromatic rings. The lowest BCUT2D eigenvalue weighted by atomic mass is 10.3. The van der Waals surface area contributed by atoms with Gasteiger partial charge in [0.1, 0.15) is 5.82 Å². The Balaban J connectivity index is 1.35. The first-order valence-electron chi connectivity index (χ1n) is 8.28. The summed E-state index contributed by atoms with van der Waals surface area (Å²) >= 11 is 1.37. The minimum absolute atomic E-state index is 0.000622. The Labute approximate surface area is 150 Å². The largest absolute Gasteiger partial charge is 0.356 e. The SMILES string of the molecule is O=C(CCSc1ccccc1F)NCCCn1cnc2ccccc21. The van der Waals surface area contributed by atoms with Crippen LogP contribution in [0.3, 0.4) is 0 Å². The lowest BCUT2D eigenvalue weighted by molar-refractivity contribution is -0.120. The Bertz CT molecular complexity index is 849. The van der Waals surface area contributed by atoms with Crippen molar-refractivity contribution in [2.24, 2.45) is 0 Å². The zero-order valence-electron chi connectivity index (χ0n) is 13.8. The van der Waals surface area contributed by atoms with Gasteiger partial charge in [0.2, 0.25) is 5.91 Å². The number of aryl methyl sites for hydroxylation is 1. The Morgan fingerprint density at radius 2 is 1.96 bits per heavy atom. The van der Waals surface area contributed by atoms with E-state index in [9.17, 15) is 9.18 Å². The van der Waals surface area contributed by atoms with Crippen LogP contribution in [-0.2, 0) is 11.3 Å². The second-order valence-corrected chi connectivity index (χ2v) is 6.80. The van der Waals surface area contributed by atoms with E-state index < -0.39 is 0 Å². The van der Waals surface area contributed by atoms with E-state index in [1.807, 2.05) is 30.6 Å². The molecule has 3 rings (SSSR count). The fraction of sp³-hybridized carbons (Fsp3) is 0.263. The van der Waals surface area contributed by atoms with Crippen LogP contribution in [0, 0.1) is 5.82 Å². The number of hydrogen-bond donors (Lipinski definition) is 1. The van der Waals surface area contributed by atoms with Gasteiger partial charge in [-0.05, 0) is 30.7 Å². The van der Waals surface area contributed by atoms with Crippen LogP contribution >= 0.6 is 11.8 Å². The summed E-state index contributed by atoms with van der Waals surface area (Å²) in [6.07, 6.45) is 3.05. The van der Waals surface area contributed by atoms with Crippen LogP contribution in [0.1, 0.15) is 12.8 Å². The highest BCUT2D eigenvalue weighted by Crippen LogP contribution is 2.21. The first kappa shape index (κ1) is 17.5. The topological polar surface area (TPSA) is 46.9 Å². The molecule has 1 heterocycles. The van der Waals surface area contributed by atoms with Crippen molar-refractivity contribution in [2.75, 3.05) is 12.3 Å². The Morgan fingerprint density at radius 1 is 1.16 bits per heavy atom. The summed E-state index contributed by atoms with van der Waals surface area (Å²) in [5.74, 6) is 0.332. The van der Waals surface area contributed by atoms with E-state index in [-0.39, 0.29) is 11.7 Å². The molecule has 0 saturated carbocycles. The number of benzene rings is 2. The highest BCUT2D eigenvalue weighted by Gasteiger charge is 2.05. The normalized spacial score (nSPS) is 10.9. The Kier molecular flexibility index (Phi) is 6.06. The smallest absolute Gasteiger partial charge is 0.220 e. The highest BCUT2D eigenvalue weighted by atomic mass is 32.2. The Hall–Kier alpha value is -2.34. The lowest BCUT2D eigenvalue weighted by Crippen LogP contribution is -2.25. The molecule has 1 aromatic heterocycles. The maximum absolute atomic E-state index is 13.5. The van der Waals surface area contributed by atoms with Crippen molar-refractivity contribution in [2.45, 2.75) is 24.3 Å². The number of para-hydroxylation sites is 2. The second kappa shape index (κ2) is 8.67. The third-order valence-corrected chi connectivity index (χ3v) is 4.90. The monoisotopic (exact) mass is 357 g/mol. The molecule has 0 fully saturated rings. The van der Waals surface area contributed by atoms with E-state index in [1.165, 1.54) is 17.8 Å². The Morgan fingerprint density at radius 3 is 2.84 bits per heavy atom. The number of imidazole rings is 1. The van der Waals surface area contributed by atoms with Crippen LogP contribution < -0.4 is 5.32 Å². The number of carbonyl (C=O) groups is 1. The number of halogens is 1. The van der Waals surface area contributed by atoms with Gasteiger partial charge in [-0.15, -0.1) is 11.8 Å². The number of amides is 1. The fourth-order valence-electron chi connectivity index (χ4n) is 2.57. The molecule has 6 heteroatoms. The van der Waals surface area contributed by atoms with Gasteiger partial charge >= 0.3 is 0 Å². The predicted molar refractivity (Wildman–Crippen MR) is 99.1 cm³/mol. The quantitative estimate of drug-likeness (QED) is 0.492. The molecule has 0 aliphatic rings. The van der Waals surface area contributed by atoms with Crippen molar-refractivity contribution < 1.29 is 9.18 Å². The van der Waals surface area contributed by atoms with E-state index in [0.717, 1.165) is 24.0 Å². The average Bonchev–Trinajstić information content (AvgIpc) is 3.04. The second-order valence-electron chi connectivity index (χ2n) is 5.66. The zero-order valence-corrected chi connectivity index (χ0v) is 14.6. The number of nitrogens with zero attached hydrogens (tertiary/aromatic N) is 2. The molecular weight excluding hydrogens is 337 g/mol. The number of rotatable bonds is 8. The standard InChI is InChI=1S/C19H20FN3OS/c20-15-6-1-4-9-18(15)25-13-10-19(24)21-11-5-12-23-14-22-16-7-2-3-8-17(16)23/h1-4,6-9,14H,5,10-13H2,(H,21,24). The van der Waals surface area contributed by atoms with E-state index in [4.69, 9.17) is 0 Å². The van der Waals surface area contributed by atoms with Gasteiger partial charge in [0.25, 0.3) is 0 Å². The zero-order chi connectivity index (χ0) is 17.5. The molecule has 0 bridgehead atoms. The number of aromatic nitrogens is 2. The summed E-state index contributed by atoms with van der Waals surface area (Å²) in [7, 11) is 0. The van der Waals surface area contributed by atoms with E-state index in [1.54, 1.807) is 18.2 Å². The summed E-state index contributed by atoms with van der Waals surface area (Å²) in [4.78, 5) is 16.8. The number of hydrogen-bond acceptors (Lipinski definition) is 3. The van der Waals surface area contributed by atoms with Gasteiger partial charge in [-0.25, -0.2) is 9.37 Å². The van der Waals surface area contributed by atoms with Crippen molar-refractivity contribution in [3.05, 3.63) is 60.7 Å². The molecule has 0 saturated heterocycles. The molecular formula is C19H20FN3OS. The van der Waals surface area contributed by atoms with Crippen LogP contribution in [0.2, 0.25) is 0 Å². The van der Waals surface area contributed by atoms with E-state index in [2.05, 4.69) is 14.9 Å². The molecule has 130 valence electrons. The van der Waals surface area contributed by atoms with Gasteiger partial charge in [0, 0.05) is 30.2 Å². The predicted octanol–water partition coefficient (Wildman–Crippen LogP) is 3.86. The van der Waals surface area contributed by atoms with Gasteiger partial charge in [0.05, 0.1) is 17.4 Å². The first-order valence-corrected chi connectivity index (χ1v) is 9.26. The van der Waals surface area contributed by atoms with Crippen LogP contribution in [-0.4, -0.2) is 27.8 Å². The van der Waals surface area contributed by atoms with Crippen LogP contribution in [0.25, 0.3) is 11.0 Å². The number of fused-ring (bicyclic) bond motifs is 1. The molecule has 2 aromatic carbocycles. The summed E-state index contributed by atoms with van der Waals surface area (Å²) < 4.78 is 15.6. The van der Waals surface area contributed by atoms with Crippen molar-refractivity contribution in [3.63, 3.8) is 0 Å². The summed E-state index contributed by atoms with van der Waals surface area (Å²) in [6.45, 7) is 1.43. The molecule has 4 nitrogen and oxygen atoms in total. The molecule has 1 amide bonds. The van der Waals surface area contributed by atoms with Gasteiger partial charge in [-0.3, -0.25) is 4.79 Å². The number of carbonyl (C=O) groups excluding carboxylic acids is 1. The van der Waals surface area contributed by atoms with Crippen molar-refractivity contribution in [3.8, 4) is 0 Å². The average molecular weight is 357 g/mol. The maximum atomic E-state index is 13.5. The fourth-order valence-corrected chi connectivity index (χ4v) is 3.46. The molecule has 0 aliphatic heterocycles. The third-order valence-electron chi connectivity index (χ3n) is 3.85. The molecule has 25 heavy (non-hydrogen) atoms. The van der Waals surface area contributed by atoms with Gasteiger partial charge in [-0.1, -0.05) is 24.3 Å². The van der Waals surface area contributed by atoms with Crippen molar-refractivity contribution in [1.29, 1.82) is 0 Å². The van der Waals surface area contributed by atoms with E-state index in [0.29, 0.717) is 23.6 Å². The summed E-state index contributed by atoms with van der Waals surface area (Å²) in [5, 5.41) is 2.91. The van der Waals surface area contributed by atoms with Gasteiger partial charge < -0.3 is 9.88 Å². The van der Waals surface area contributed by atoms with Crippen LogP contribution in [0.4, 0.5) is 4.39 Å². The van der Waals surface area contributed by atoms with Gasteiger partial charge in [0.15, 0.2) is 0 Å². The molecule has 1 N–H and O–H groups in total. The highest BCUT2D eigenvalue weighted by molar-refractivity contribution is 7.99. The number of thioether (sulfide) groups is 1. The molecule has 0 spiro atoms. The van der Waals surface area contributed by atoms with Crippen molar-refractivity contribution >= 4 is 28.7 Å². The number of nitrogens with one attached hydrogen (secondary N) is 1. The third kappa shape index (κ3) is 4.82.